The van der Waals surface area contributed by atoms with E-state index in [0.29, 0.717) is 12.8 Å². The van der Waals surface area contributed by atoms with Crippen LogP contribution in [0.15, 0.2) is 0 Å². The van der Waals surface area contributed by atoms with Gasteiger partial charge in [0.2, 0.25) is 0 Å². The van der Waals surface area contributed by atoms with E-state index in [4.69, 9.17) is 56.2 Å². The molecule has 2 bridgehead atoms. The molecule has 4 saturated heterocycles. The quantitative estimate of drug-likeness (QED) is 0.125. The molecule has 0 aromatic heterocycles. The van der Waals surface area contributed by atoms with Crippen molar-refractivity contribution < 1.29 is 65.8 Å². The van der Waals surface area contributed by atoms with Gasteiger partial charge < -0.3 is 61.1 Å². The van der Waals surface area contributed by atoms with Gasteiger partial charge in [-0.25, -0.2) is 0 Å². The number of esters is 2. The Kier molecular flexibility index (Phi) is 18.1. The highest BCUT2D eigenvalue weighted by molar-refractivity contribution is 6.70. The molecular formula is C47H89NO14Si2. The number of hydrogen-bond donors (Lipinski definition) is 0. The van der Waals surface area contributed by atoms with Crippen LogP contribution >= 0.6 is 0 Å². The normalized spacial score (nSPS) is 45.3. The molecule has 0 aliphatic carbocycles. The Balaban J connectivity index is 2.00. The van der Waals surface area contributed by atoms with Crippen LogP contribution in [0.4, 0.5) is 0 Å². The van der Waals surface area contributed by atoms with Crippen LogP contribution in [-0.2, 0) is 65.8 Å². The van der Waals surface area contributed by atoms with Gasteiger partial charge in [0.1, 0.15) is 23.4 Å². The lowest BCUT2D eigenvalue weighted by Crippen LogP contribution is -2.62. The Labute approximate surface area is 388 Å². The first-order valence-corrected chi connectivity index (χ1v) is 30.5. The molecule has 0 radical (unpaired) electrons. The summed E-state index contributed by atoms with van der Waals surface area (Å²) in [6.45, 7) is 34.4. The Hall–Kier alpha value is -1.07. The van der Waals surface area contributed by atoms with Crippen molar-refractivity contribution in [1.82, 2.24) is 4.90 Å². The molecule has 19 atom stereocenters. The maximum atomic E-state index is 15.1. The maximum Gasteiger partial charge on any atom is 0.311 e. The summed E-state index contributed by atoms with van der Waals surface area (Å²) in [6.07, 6.45) is -4.64. The molecule has 4 fully saturated rings. The average Bonchev–Trinajstić information content (AvgIpc) is 3.38. The third-order valence-corrected chi connectivity index (χ3v) is 16.3. The van der Waals surface area contributed by atoms with Crippen molar-refractivity contribution in [1.29, 1.82) is 0 Å². The number of cyclic esters (lactones) is 1. The predicted molar refractivity (Wildman–Crippen MR) is 249 cm³/mol. The van der Waals surface area contributed by atoms with Crippen molar-refractivity contribution in [3.63, 3.8) is 0 Å². The number of likely N-dealkylation sites (N-methyl/N-ethyl adjacent to an activating group) is 1. The number of carbonyl (C=O) groups excluding carboxylic acids is 2. The summed E-state index contributed by atoms with van der Waals surface area (Å²) >= 11 is 0. The van der Waals surface area contributed by atoms with E-state index in [2.05, 4.69) is 65.0 Å². The topological polar surface area (TPSA) is 148 Å². The van der Waals surface area contributed by atoms with Gasteiger partial charge in [0.05, 0.1) is 42.0 Å². The van der Waals surface area contributed by atoms with Crippen LogP contribution < -0.4 is 0 Å². The van der Waals surface area contributed by atoms with Gasteiger partial charge in [-0.2, -0.15) is 0 Å². The zero-order chi connectivity index (χ0) is 48.7. The highest BCUT2D eigenvalue weighted by atomic mass is 28.4. The fourth-order valence-corrected chi connectivity index (χ4v) is 13.8. The zero-order valence-corrected chi connectivity index (χ0v) is 45.7. The molecule has 4 heterocycles. The van der Waals surface area contributed by atoms with Gasteiger partial charge in [-0.3, -0.25) is 9.59 Å². The largest absolute Gasteiger partial charge is 0.459 e. The number of rotatable bonds is 14. The van der Waals surface area contributed by atoms with Crippen LogP contribution in [0.25, 0.3) is 0 Å². The van der Waals surface area contributed by atoms with Crippen LogP contribution in [0.1, 0.15) is 102 Å². The SMILES string of the molecule is CC[C@H]1OC(=O)[C@H](C)[C@@H](OC2C[C@@](C)(OC)[C@@H](OC(C)=O)[C@H](C)O2)[C@H](C)[C@@H](O[C@@H]2O[C@H](C)C[C@H](N(C)C)[C@H]2OC)[C@](C)(OC)C[C@@H](C)C2(O[Si](C)(C)C)OC1(C)[C@H](O[Si](C)(C)C)[C@H]2C. The molecule has 0 aromatic rings. The standard InChI is InChI=1S/C47H89NO14Si2/c1-23-35-46(11)40(60-63(17,18)19)31(6)47(61-46,62-64(20,21)22)27(2)25-44(9,52-15)39(59-43-38(51-14)34(48(12)13)24-28(3)54-43)29(4)37(30(5)42(50)57-35)58-36-26-45(10,53-16)41(32(7)55-36)56-33(8)49/h27-32,34-41,43H,23-26H2,1-22H3/t27-,28-,29+,30-,31-,32+,34+,35-,36?,37+,38-,39-,40-,41+,43+,44-,45-,46?,47?/m1/s1. The second-order valence-corrected chi connectivity index (χ2v) is 31.1. The van der Waals surface area contributed by atoms with Gasteiger partial charge in [0.25, 0.3) is 0 Å². The Bertz CT molecular complexity index is 1560. The van der Waals surface area contributed by atoms with E-state index >= 15 is 4.79 Å². The smallest absolute Gasteiger partial charge is 0.311 e. The minimum atomic E-state index is -2.37. The van der Waals surface area contributed by atoms with Gasteiger partial charge in [0, 0.05) is 58.5 Å². The van der Waals surface area contributed by atoms with Crippen molar-refractivity contribution in [2.75, 3.05) is 35.4 Å². The number of ether oxygens (including phenoxy) is 10. The van der Waals surface area contributed by atoms with Crippen LogP contribution in [0, 0.1) is 23.7 Å². The minimum Gasteiger partial charge on any atom is -0.459 e. The first kappa shape index (κ1) is 55.5. The minimum absolute atomic E-state index is 0.0143. The number of methoxy groups -OCH3 is 3. The molecule has 4 aliphatic heterocycles. The monoisotopic (exact) mass is 948 g/mol. The number of fused-ring (bicyclic) bond motifs is 2. The van der Waals surface area contributed by atoms with Crippen molar-refractivity contribution in [2.45, 2.75) is 231 Å². The van der Waals surface area contributed by atoms with Crippen molar-refractivity contribution in [3.05, 3.63) is 0 Å². The first-order valence-electron chi connectivity index (χ1n) is 23.7. The van der Waals surface area contributed by atoms with E-state index in [1.165, 1.54) is 6.92 Å². The zero-order valence-electron chi connectivity index (χ0n) is 43.7. The molecule has 3 unspecified atom stereocenters. The van der Waals surface area contributed by atoms with Gasteiger partial charge >= 0.3 is 11.9 Å². The molecule has 4 rings (SSSR count). The highest BCUT2D eigenvalue weighted by Crippen LogP contribution is 2.55. The Morgan fingerprint density at radius 1 is 0.812 bits per heavy atom. The first-order chi connectivity index (χ1) is 29.4. The Morgan fingerprint density at radius 2 is 1.41 bits per heavy atom. The van der Waals surface area contributed by atoms with E-state index in [9.17, 15) is 4.79 Å². The average molecular weight is 948 g/mol. The number of hydrogen-bond acceptors (Lipinski definition) is 15. The molecule has 374 valence electrons. The van der Waals surface area contributed by atoms with E-state index in [-0.39, 0.29) is 30.4 Å². The lowest BCUT2D eigenvalue weighted by molar-refractivity contribution is -0.323. The maximum absolute atomic E-state index is 15.1. The summed E-state index contributed by atoms with van der Waals surface area (Å²) in [5, 5.41) is 0. The molecule has 64 heavy (non-hydrogen) atoms. The van der Waals surface area contributed by atoms with Crippen molar-refractivity contribution in [2.24, 2.45) is 23.7 Å². The van der Waals surface area contributed by atoms with E-state index in [0.717, 1.165) is 6.42 Å². The van der Waals surface area contributed by atoms with E-state index in [1.54, 1.807) is 21.3 Å². The van der Waals surface area contributed by atoms with Crippen LogP contribution in [0.5, 0.6) is 0 Å². The molecule has 17 heteroatoms. The van der Waals surface area contributed by atoms with Gasteiger partial charge in [-0.05, 0) is 114 Å². The summed E-state index contributed by atoms with van der Waals surface area (Å²) < 4.78 is 81.3. The summed E-state index contributed by atoms with van der Waals surface area (Å²) in [5.74, 6) is -4.09. The van der Waals surface area contributed by atoms with Gasteiger partial charge in [-0.15, -0.1) is 0 Å². The Morgan fingerprint density at radius 3 is 1.91 bits per heavy atom. The van der Waals surface area contributed by atoms with Gasteiger partial charge in [-0.1, -0.05) is 27.7 Å². The summed E-state index contributed by atoms with van der Waals surface area (Å²) in [6, 6.07) is -0.0143. The lowest BCUT2D eigenvalue weighted by atomic mass is 9.73. The fourth-order valence-electron chi connectivity index (χ4n) is 11.2. The third kappa shape index (κ3) is 11.8. The molecule has 0 saturated carbocycles. The van der Waals surface area contributed by atoms with Crippen LogP contribution in [-0.4, -0.2) is 159 Å². The second-order valence-electron chi connectivity index (χ2n) is 22.2. The van der Waals surface area contributed by atoms with Crippen molar-refractivity contribution >= 4 is 28.6 Å². The highest BCUT2D eigenvalue weighted by Gasteiger charge is 2.68. The lowest BCUT2D eigenvalue weighted by Gasteiger charge is -2.51. The number of nitrogens with zero attached hydrogens (tertiary/aromatic N) is 1. The third-order valence-electron chi connectivity index (χ3n) is 14.4. The fraction of sp³-hybridized carbons (Fsp3) is 0.957. The van der Waals surface area contributed by atoms with Crippen LogP contribution in [0.2, 0.25) is 39.3 Å². The molecular weight excluding hydrogens is 859 g/mol. The van der Waals surface area contributed by atoms with Crippen molar-refractivity contribution in [3.8, 4) is 0 Å². The summed E-state index contributed by atoms with van der Waals surface area (Å²) in [5.41, 5.74) is -3.14. The summed E-state index contributed by atoms with van der Waals surface area (Å²) in [7, 11) is 4.43. The molecule has 0 amide bonds. The molecule has 0 spiro atoms. The van der Waals surface area contributed by atoms with Gasteiger partial charge in [0.15, 0.2) is 41.1 Å². The summed E-state index contributed by atoms with van der Waals surface area (Å²) in [4.78, 5) is 29.5. The van der Waals surface area contributed by atoms with E-state index in [1.807, 2.05) is 62.6 Å². The van der Waals surface area contributed by atoms with Crippen LogP contribution in [0.3, 0.4) is 0 Å². The second kappa shape index (κ2) is 20.9. The predicted octanol–water partition coefficient (Wildman–Crippen LogP) is 7.54. The molecule has 15 nitrogen and oxygen atoms in total. The number of carbonyl (C=O) groups is 2. The molecule has 0 N–H and O–H groups in total. The molecule has 0 aromatic carbocycles. The van der Waals surface area contributed by atoms with E-state index < -0.39 is 118 Å². The molecule has 4 aliphatic rings.